The lowest BCUT2D eigenvalue weighted by atomic mass is 9.73. The first kappa shape index (κ1) is 112. The quantitative estimate of drug-likeness (QED) is 0.0437. The minimum absolute atomic E-state index is 0.00993. The molecule has 2 aromatic rings. The van der Waals surface area contributed by atoms with Crippen LogP contribution in [0.15, 0.2) is 36.4 Å². The summed E-state index contributed by atoms with van der Waals surface area (Å²) in [7, 11) is 0. The first-order valence-corrected chi connectivity index (χ1v) is 46.1. The predicted octanol–water partition coefficient (Wildman–Crippen LogP) is 25.4. The highest BCUT2D eigenvalue weighted by atomic mass is 19.4. The highest BCUT2D eigenvalue weighted by Gasteiger charge is 2.78. The second-order valence-electron chi connectivity index (χ2n) is 43.4. The monoisotopic (exact) mass is 1840 g/mol. The molecule has 0 amide bonds. The summed E-state index contributed by atoms with van der Waals surface area (Å²) < 4.78 is 198. The fourth-order valence-electron chi connectivity index (χ4n) is 17.1. The molecule has 4 bridgehead atoms. The molecule has 3 heterocycles. The molecule has 29 heteroatoms. The molecular weight excluding hydrogens is 1690 g/mol. The molecule has 17 nitrogen and oxygen atoms in total. The van der Waals surface area contributed by atoms with Gasteiger partial charge in [-0.25, -0.2) is 0 Å². The van der Waals surface area contributed by atoms with Crippen LogP contribution in [0.3, 0.4) is 0 Å². The summed E-state index contributed by atoms with van der Waals surface area (Å²) in [5.41, 5.74) is 2.59. The van der Waals surface area contributed by atoms with Gasteiger partial charge in [0.05, 0.1) is 28.3 Å². The minimum Gasteiger partial charge on any atom is -0.458 e. The van der Waals surface area contributed by atoms with Crippen molar-refractivity contribution >= 4 is 47.8 Å². The van der Waals surface area contributed by atoms with Crippen molar-refractivity contribution in [3.63, 3.8) is 0 Å². The van der Waals surface area contributed by atoms with Gasteiger partial charge in [-0.3, -0.25) is 38.4 Å². The van der Waals surface area contributed by atoms with Crippen LogP contribution in [-0.4, -0.2) is 128 Å². The van der Waals surface area contributed by atoms with E-state index in [0.717, 1.165) is 38.5 Å². The van der Waals surface area contributed by atoms with Gasteiger partial charge in [0.15, 0.2) is 10.8 Å². The molecule has 2 aromatic carbocycles. The van der Waals surface area contributed by atoms with Gasteiger partial charge in [-0.05, 0) is 224 Å². The second kappa shape index (κ2) is 41.8. The van der Waals surface area contributed by atoms with E-state index in [1.165, 1.54) is 78.3 Å². The molecule has 5 saturated carbocycles. The third-order valence-electron chi connectivity index (χ3n) is 28.4. The highest BCUT2D eigenvalue weighted by molar-refractivity contribution is 6.04. The Kier molecular flexibility index (Phi) is 36.6. The fraction of sp³-hybridized carbons (Fsp3) is 0.798. The molecule has 732 valence electrons. The molecule has 0 radical (unpaired) electrons. The zero-order chi connectivity index (χ0) is 98.4. The van der Waals surface area contributed by atoms with Crippen molar-refractivity contribution in [1.29, 1.82) is 0 Å². The average molecular weight is 1840 g/mol. The number of benzene rings is 2. The van der Waals surface area contributed by atoms with E-state index in [2.05, 4.69) is 177 Å². The summed E-state index contributed by atoms with van der Waals surface area (Å²) in [4.78, 5) is 98.4. The van der Waals surface area contributed by atoms with E-state index in [9.17, 15) is 91.0 Å². The number of esters is 8. The number of hydrogen-bond acceptors (Lipinski definition) is 17. The molecule has 5 aliphatic carbocycles. The second-order valence-corrected chi connectivity index (χ2v) is 43.4. The number of alkyl halides is 12. The van der Waals surface area contributed by atoms with E-state index in [0.29, 0.717) is 37.2 Å². The number of halogens is 12. The van der Waals surface area contributed by atoms with E-state index in [-0.39, 0.29) is 69.2 Å². The Morgan fingerprint density at radius 1 is 0.398 bits per heavy atom. The molecule has 8 fully saturated rings. The number of carbonyl (C=O) groups is 8. The van der Waals surface area contributed by atoms with Crippen molar-refractivity contribution in [2.24, 2.45) is 62.1 Å². The van der Waals surface area contributed by atoms with Crippen LogP contribution < -0.4 is 0 Å². The number of carbonyl (C=O) groups excluding carboxylic acids is 8. The molecular formula is C99H150F12O17. The van der Waals surface area contributed by atoms with E-state index in [4.69, 9.17) is 33.2 Å². The van der Waals surface area contributed by atoms with Gasteiger partial charge in [-0.15, -0.1) is 0 Å². The molecule has 3 saturated heterocycles. The van der Waals surface area contributed by atoms with Crippen LogP contribution in [0.1, 0.15) is 375 Å². The van der Waals surface area contributed by atoms with Crippen LogP contribution in [0.25, 0.3) is 0 Å². The standard InChI is InChI=1S/2C18H20F6O6.2C18H30.C17H32O2.C10H18O3/c2*1-4-15(2,3)12(25)28-9-7-5-8-10(9)29-13(26)16(8,6-7)14(27)30-11(17(19,20)21)18(22,23)24;2*1-9-13(2)14-10-15(17(3,4)5)12-16(11-14)18(6,7)8;1-6-16(4,5)15(18)19-17(7-2,8-3)14-12-10-9-11-13-14;1-4-10(2,3)9(11)13-8-6-5-7-12-8/h2*7-11H,4-6H2,1-3H3;2*10-13H,9H2,1-8H3;14H,6-13H2,1-5H3;8H,4-7H2,1-3H3. The van der Waals surface area contributed by atoms with E-state index in [1.54, 1.807) is 41.5 Å². The normalized spacial score (nSPS) is 24.7. The summed E-state index contributed by atoms with van der Waals surface area (Å²) in [5.74, 6) is -9.07. The van der Waals surface area contributed by atoms with Crippen molar-refractivity contribution in [3.8, 4) is 0 Å². The maximum absolute atomic E-state index is 12.8. The first-order valence-electron chi connectivity index (χ1n) is 46.1. The predicted molar refractivity (Wildman–Crippen MR) is 463 cm³/mol. The summed E-state index contributed by atoms with van der Waals surface area (Å²) >= 11 is 0. The van der Waals surface area contributed by atoms with Gasteiger partial charge in [-0.1, -0.05) is 208 Å². The summed E-state index contributed by atoms with van der Waals surface area (Å²) in [6.45, 7) is 63.7. The minimum atomic E-state index is -5.89. The topological polar surface area (TPSA) is 220 Å². The van der Waals surface area contributed by atoms with Crippen LogP contribution in [0.4, 0.5) is 52.7 Å². The van der Waals surface area contributed by atoms with Gasteiger partial charge in [0.1, 0.15) is 30.0 Å². The Labute approximate surface area is 753 Å². The van der Waals surface area contributed by atoms with Crippen LogP contribution in [0.5, 0.6) is 0 Å². The number of hydrogen-bond donors (Lipinski definition) is 0. The van der Waals surface area contributed by atoms with Gasteiger partial charge < -0.3 is 42.6 Å². The molecule has 13 unspecified atom stereocenters. The van der Waals surface area contributed by atoms with Crippen molar-refractivity contribution < 1.29 is 134 Å². The highest BCUT2D eigenvalue weighted by Crippen LogP contribution is 2.65. The SMILES string of the molecule is CCC(C)(C)C(=O)OC(CC)(CC)C1CCCCC1.CCC(C)(C)C(=O)OC1C2CC3C1OC(=O)C3(C(=O)OC(C(F)(F)F)C(F)(F)F)C2.CCC(C)(C)C(=O)OC1C2CC3C1OC(=O)C3(C(=O)OC(C(F)(F)F)C(F)(F)F)C2.CCC(C)(C)C(=O)OC1CCCO1.CCC(C)c1cc(C(C)(C)C)cc(C(C)(C)C)c1.CCC(C)c1cc(C(C)(C)C)cc(C(C)(C)C)c1. The summed E-state index contributed by atoms with van der Waals surface area (Å²) in [5, 5.41) is 0. The number of ether oxygens (including phenoxy) is 9. The molecule has 13 atom stereocenters. The number of rotatable bonds is 23. The Bertz CT molecular complexity index is 3790. The van der Waals surface area contributed by atoms with Crippen LogP contribution >= 0.6 is 0 Å². The smallest absolute Gasteiger partial charge is 0.434 e. The average Bonchev–Trinajstić information content (AvgIpc) is 1.53. The zero-order valence-corrected chi connectivity index (χ0v) is 81.7. The number of fused-ring (bicyclic) bond motifs is 2. The summed E-state index contributed by atoms with van der Waals surface area (Å²) in [6, 6.07) is 14.4. The molecule has 10 rings (SSSR count). The van der Waals surface area contributed by atoms with Crippen molar-refractivity contribution in [2.45, 2.75) is 436 Å². The lowest BCUT2D eigenvalue weighted by Gasteiger charge is -2.42. The molecule has 0 aromatic heterocycles. The first-order chi connectivity index (χ1) is 58.2. The lowest BCUT2D eigenvalue weighted by molar-refractivity contribution is -0.316. The lowest BCUT2D eigenvalue weighted by Crippen LogP contribution is -2.51. The molecule has 3 aliphatic heterocycles. The Morgan fingerprint density at radius 2 is 0.695 bits per heavy atom. The fourth-order valence-corrected chi connectivity index (χ4v) is 17.1. The van der Waals surface area contributed by atoms with Crippen LogP contribution in [0.2, 0.25) is 0 Å². The van der Waals surface area contributed by atoms with Crippen molar-refractivity contribution in [2.75, 3.05) is 6.61 Å². The molecule has 8 aliphatic rings. The van der Waals surface area contributed by atoms with Gasteiger partial charge >= 0.3 is 72.5 Å². The van der Waals surface area contributed by atoms with Gasteiger partial charge in [0.25, 0.3) is 12.2 Å². The van der Waals surface area contributed by atoms with Gasteiger partial charge in [-0.2, -0.15) is 52.7 Å². The molecule has 0 spiro atoms. The molecule has 0 N–H and O–H groups in total. The Balaban J connectivity index is 0.000000279. The molecule has 128 heavy (non-hydrogen) atoms. The Morgan fingerprint density at radius 3 is 0.953 bits per heavy atom. The van der Waals surface area contributed by atoms with Crippen molar-refractivity contribution in [3.05, 3.63) is 69.8 Å². The maximum Gasteiger partial charge on any atom is 0.434 e. The van der Waals surface area contributed by atoms with E-state index >= 15 is 0 Å². The van der Waals surface area contributed by atoms with Crippen molar-refractivity contribution in [1.82, 2.24) is 0 Å². The van der Waals surface area contributed by atoms with Gasteiger partial charge in [0, 0.05) is 30.1 Å². The maximum atomic E-state index is 12.8. The Hall–Kier alpha value is -6.68. The third kappa shape index (κ3) is 26.4. The van der Waals surface area contributed by atoms with E-state index in [1.807, 2.05) is 34.6 Å². The largest absolute Gasteiger partial charge is 0.458 e. The summed E-state index contributed by atoms with van der Waals surface area (Å²) in [6.07, 6.45) is -22.3. The van der Waals surface area contributed by atoms with E-state index < -0.39 is 155 Å². The zero-order valence-electron chi connectivity index (χ0n) is 81.7. The van der Waals surface area contributed by atoms with Crippen LogP contribution in [-0.2, 0) is 103 Å². The van der Waals surface area contributed by atoms with Gasteiger partial charge in [0.2, 0.25) is 6.29 Å². The van der Waals surface area contributed by atoms with Crippen LogP contribution in [0, 0.1) is 62.1 Å². The third-order valence-corrected chi connectivity index (χ3v) is 28.4.